The Hall–Kier alpha value is -3.26. The molecule has 31 heavy (non-hydrogen) atoms. The third-order valence-corrected chi connectivity index (χ3v) is 5.74. The largest absolute Gasteiger partial charge is 0.493 e. The van der Waals surface area contributed by atoms with Crippen molar-refractivity contribution in [2.75, 3.05) is 31.2 Å². The summed E-state index contributed by atoms with van der Waals surface area (Å²) < 4.78 is 13.4. The molecular formula is C23H25N5O3. The fraction of sp³-hybridized carbons (Fsp3) is 0.391. The molecular weight excluding hydrogens is 394 g/mol. The summed E-state index contributed by atoms with van der Waals surface area (Å²) in [7, 11) is 1.74. The van der Waals surface area contributed by atoms with Gasteiger partial charge >= 0.3 is 0 Å². The first-order chi connectivity index (χ1) is 15.2. The zero-order chi connectivity index (χ0) is 21.2. The Kier molecular flexibility index (Phi) is 5.38. The van der Waals surface area contributed by atoms with Crippen molar-refractivity contribution in [3.8, 4) is 17.1 Å². The number of aromatic nitrogens is 4. The second-order valence-electron chi connectivity index (χ2n) is 8.06. The molecule has 1 aromatic carbocycles. The highest BCUT2D eigenvalue weighted by Crippen LogP contribution is 2.30. The van der Waals surface area contributed by atoms with Gasteiger partial charge in [0.1, 0.15) is 18.2 Å². The summed E-state index contributed by atoms with van der Waals surface area (Å²) >= 11 is 0. The third-order valence-electron chi connectivity index (χ3n) is 5.74. The van der Waals surface area contributed by atoms with E-state index in [9.17, 15) is 4.79 Å². The lowest BCUT2D eigenvalue weighted by molar-refractivity contribution is 0.0389. The summed E-state index contributed by atoms with van der Waals surface area (Å²) in [5.74, 6) is 2.23. The Labute approximate surface area is 180 Å². The average molecular weight is 419 g/mol. The molecule has 1 saturated carbocycles. The molecule has 8 nitrogen and oxygen atoms in total. The molecule has 0 spiro atoms. The van der Waals surface area contributed by atoms with Gasteiger partial charge in [0.25, 0.3) is 5.56 Å². The smallest absolute Gasteiger partial charge is 0.255 e. The molecule has 5 rings (SSSR count). The first kappa shape index (κ1) is 19.7. The molecule has 2 aromatic heterocycles. The summed E-state index contributed by atoms with van der Waals surface area (Å²) in [6.45, 7) is 2.62. The molecule has 1 aliphatic heterocycles. The number of morpholine rings is 1. The van der Waals surface area contributed by atoms with Gasteiger partial charge in [0.15, 0.2) is 0 Å². The molecule has 0 bridgehead atoms. The first-order valence-corrected chi connectivity index (χ1v) is 10.6. The standard InChI is InChI=1S/C23H25N5O3/c1-27-22(29)12-20(19-8-9-24-15-25-19)26-23(27)28-10-11-30-21(13-28)17-4-6-18(7-5-17)31-14-16-2-3-16/h4-9,12,15-16,21H,2-3,10-11,13-14H2,1H3. The topological polar surface area (TPSA) is 82.4 Å². The summed E-state index contributed by atoms with van der Waals surface area (Å²) in [6, 6.07) is 11.4. The van der Waals surface area contributed by atoms with E-state index < -0.39 is 0 Å². The van der Waals surface area contributed by atoms with E-state index in [2.05, 4.69) is 27.0 Å². The number of hydrogen-bond acceptors (Lipinski definition) is 7. The van der Waals surface area contributed by atoms with E-state index in [1.54, 1.807) is 23.9 Å². The van der Waals surface area contributed by atoms with Crippen molar-refractivity contribution in [1.29, 1.82) is 0 Å². The van der Waals surface area contributed by atoms with Crippen LogP contribution in [0.1, 0.15) is 24.5 Å². The molecule has 1 saturated heterocycles. The van der Waals surface area contributed by atoms with Crippen molar-refractivity contribution in [1.82, 2.24) is 19.5 Å². The van der Waals surface area contributed by atoms with Gasteiger partial charge in [-0.15, -0.1) is 0 Å². The van der Waals surface area contributed by atoms with Crippen LogP contribution >= 0.6 is 0 Å². The monoisotopic (exact) mass is 419 g/mol. The maximum atomic E-state index is 12.6. The molecule has 8 heteroatoms. The van der Waals surface area contributed by atoms with Gasteiger partial charge in [0, 0.05) is 25.9 Å². The van der Waals surface area contributed by atoms with Gasteiger partial charge in [-0.3, -0.25) is 9.36 Å². The molecule has 3 aromatic rings. The van der Waals surface area contributed by atoms with Crippen molar-refractivity contribution in [3.63, 3.8) is 0 Å². The molecule has 160 valence electrons. The van der Waals surface area contributed by atoms with E-state index in [1.807, 2.05) is 12.1 Å². The van der Waals surface area contributed by atoms with Crippen LogP contribution in [0, 0.1) is 5.92 Å². The quantitative estimate of drug-likeness (QED) is 0.607. The Morgan fingerprint density at radius 3 is 2.74 bits per heavy atom. The fourth-order valence-electron chi connectivity index (χ4n) is 3.69. The van der Waals surface area contributed by atoms with E-state index in [0.717, 1.165) is 23.8 Å². The van der Waals surface area contributed by atoms with Crippen molar-refractivity contribution >= 4 is 5.95 Å². The minimum absolute atomic E-state index is 0.106. The Bertz CT molecular complexity index is 1100. The Balaban J connectivity index is 1.35. The first-order valence-electron chi connectivity index (χ1n) is 10.6. The van der Waals surface area contributed by atoms with E-state index in [4.69, 9.17) is 14.5 Å². The molecule has 1 unspecified atom stereocenters. The maximum Gasteiger partial charge on any atom is 0.255 e. The average Bonchev–Trinajstić information content (AvgIpc) is 3.65. The molecule has 0 N–H and O–H groups in total. The Morgan fingerprint density at radius 2 is 2.00 bits per heavy atom. The summed E-state index contributed by atoms with van der Waals surface area (Å²) in [6.07, 6.45) is 5.55. The summed E-state index contributed by atoms with van der Waals surface area (Å²) in [4.78, 5) is 27.6. The van der Waals surface area contributed by atoms with E-state index in [1.165, 1.54) is 25.2 Å². The summed E-state index contributed by atoms with van der Waals surface area (Å²) in [5.41, 5.74) is 2.13. The maximum absolute atomic E-state index is 12.6. The van der Waals surface area contributed by atoms with Crippen molar-refractivity contribution in [3.05, 3.63) is 64.8 Å². The molecule has 1 atom stereocenters. The second-order valence-corrected chi connectivity index (χ2v) is 8.06. The van der Waals surface area contributed by atoms with Gasteiger partial charge in [0.05, 0.1) is 31.1 Å². The van der Waals surface area contributed by atoms with Crippen molar-refractivity contribution in [2.45, 2.75) is 18.9 Å². The molecule has 2 aliphatic rings. The van der Waals surface area contributed by atoms with Gasteiger partial charge in [-0.05, 0) is 42.5 Å². The molecule has 3 heterocycles. The van der Waals surface area contributed by atoms with Crippen molar-refractivity contribution < 1.29 is 9.47 Å². The van der Waals surface area contributed by atoms with Crippen LogP contribution in [0.3, 0.4) is 0 Å². The minimum atomic E-state index is -0.126. The number of hydrogen-bond donors (Lipinski definition) is 0. The predicted octanol–water partition coefficient (Wildman–Crippen LogP) is 2.60. The third kappa shape index (κ3) is 4.44. The highest BCUT2D eigenvalue weighted by atomic mass is 16.5. The van der Waals surface area contributed by atoms with Crippen LogP contribution in [0.2, 0.25) is 0 Å². The SMILES string of the molecule is Cn1c(N2CCOC(c3ccc(OCC4CC4)cc3)C2)nc(-c2ccncn2)cc1=O. The van der Waals surface area contributed by atoms with Crippen LogP contribution in [0.25, 0.3) is 11.4 Å². The predicted molar refractivity (Wildman–Crippen MR) is 116 cm³/mol. The van der Waals surface area contributed by atoms with Gasteiger partial charge in [0.2, 0.25) is 5.95 Å². The summed E-state index contributed by atoms with van der Waals surface area (Å²) in [5, 5.41) is 0. The van der Waals surface area contributed by atoms with Crippen LogP contribution in [0.5, 0.6) is 5.75 Å². The van der Waals surface area contributed by atoms with Crippen LogP contribution in [-0.4, -0.2) is 45.8 Å². The van der Waals surface area contributed by atoms with E-state index in [-0.39, 0.29) is 11.7 Å². The van der Waals surface area contributed by atoms with E-state index >= 15 is 0 Å². The number of anilines is 1. The highest BCUT2D eigenvalue weighted by Gasteiger charge is 2.26. The van der Waals surface area contributed by atoms with Crippen LogP contribution in [0.15, 0.2) is 53.7 Å². The van der Waals surface area contributed by atoms with Gasteiger partial charge in [-0.2, -0.15) is 0 Å². The highest BCUT2D eigenvalue weighted by molar-refractivity contribution is 5.55. The van der Waals surface area contributed by atoms with Crippen LogP contribution in [0.4, 0.5) is 5.95 Å². The van der Waals surface area contributed by atoms with Crippen LogP contribution in [-0.2, 0) is 11.8 Å². The molecule has 2 fully saturated rings. The number of rotatable bonds is 6. The molecule has 0 radical (unpaired) electrons. The zero-order valence-electron chi connectivity index (χ0n) is 17.5. The lowest BCUT2D eigenvalue weighted by Crippen LogP contribution is -2.41. The normalized spacial score (nSPS) is 18.7. The van der Waals surface area contributed by atoms with Gasteiger partial charge in [-0.1, -0.05) is 12.1 Å². The molecule has 0 amide bonds. The number of nitrogens with zero attached hydrogens (tertiary/aromatic N) is 5. The lowest BCUT2D eigenvalue weighted by atomic mass is 10.1. The second kappa shape index (κ2) is 8.47. The fourth-order valence-corrected chi connectivity index (χ4v) is 3.69. The number of ether oxygens (including phenoxy) is 2. The Morgan fingerprint density at radius 1 is 1.16 bits per heavy atom. The van der Waals surface area contributed by atoms with Gasteiger partial charge < -0.3 is 14.4 Å². The van der Waals surface area contributed by atoms with Crippen molar-refractivity contribution in [2.24, 2.45) is 13.0 Å². The number of benzene rings is 1. The zero-order valence-corrected chi connectivity index (χ0v) is 17.5. The lowest BCUT2D eigenvalue weighted by Gasteiger charge is -2.34. The minimum Gasteiger partial charge on any atom is -0.493 e. The van der Waals surface area contributed by atoms with Gasteiger partial charge in [-0.25, -0.2) is 15.0 Å². The molecule has 1 aliphatic carbocycles. The van der Waals surface area contributed by atoms with E-state index in [0.29, 0.717) is 37.0 Å². The van der Waals surface area contributed by atoms with Crippen LogP contribution < -0.4 is 15.2 Å².